The van der Waals surface area contributed by atoms with Gasteiger partial charge in [-0.2, -0.15) is 0 Å². The van der Waals surface area contributed by atoms with Crippen molar-refractivity contribution in [3.05, 3.63) is 78.8 Å². The predicted molar refractivity (Wildman–Crippen MR) is 255 cm³/mol. The van der Waals surface area contributed by atoms with E-state index in [1.807, 2.05) is 16.4 Å². The van der Waals surface area contributed by atoms with E-state index in [4.69, 9.17) is 27.8 Å². The number of aliphatic hydroxyl groups excluding tert-OH is 1. The zero-order chi connectivity index (χ0) is 50.9. The number of alkyl halides is 1. The van der Waals surface area contributed by atoms with E-state index in [0.29, 0.717) is 55.1 Å². The number of aliphatic hydroxyl groups is 1. The van der Waals surface area contributed by atoms with E-state index in [1.54, 1.807) is 40.7 Å². The van der Waals surface area contributed by atoms with Gasteiger partial charge in [-0.3, -0.25) is 19.3 Å². The highest BCUT2D eigenvalue weighted by Gasteiger charge is 2.81. The second-order valence-electron chi connectivity index (χ2n) is 23.3. The number of hydrogen-bond donors (Lipinski definition) is 1. The zero-order valence-corrected chi connectivity index (χ0v) is 42.3. The third-order valence-electron chi connectivity index (χ3n) is 18.6. The second-order valence-corrected chi connectivity index (χ2v) is 23.3. The molecule has 17 heteroatoms. The van der Waals surface area contributed by atoms with Crippen LogP contribution in [0.3, 0.4) is 0 Å². The lowest BCUT2D eigenvalue weighted by Crippen LogP contribution is -2.71. The van der Waals surface area contributed by atoms with Crippen LogP contribution in [0, 0.1) is 55.2 Å². The van der Waals surface area contributed by atoms with Gasteiger partial charge in [0.2, 0.25) is 11.2 Å². The van der Waals surface area contributed by atoms with Crippen molar-refractivity contribution in [2.75, 3.05) is 31.6 Å². The molecule has 5 aliphatic carbocycles. The van der Waals surface area contributed by atoms with Crippen molar-refractivity contribution < 1.29 is 56.1 Å². The number of likely N-dealkylation sites (tertiary alicyclic amines) is 1. The number of hydrogen-bond acceptors (Lipinski definition) is 14. The molecule has 11 rings (SSSR count). The summed E-state index contributed by atoms with van der Waals surface area (Å²) >= 11 is 0. The van der Waals surface area contributed by atoms with Crippen LogP contribution >= 0.6 is 0 Å². The van der Waals surface area contributed by atoms with E-state index < -0.39 is 86.4 Å². The van der Waals surface area contributed by atoms with Gasteiger partial charge in [0.15, 0.2) is 45.8 Å². The van der Waals surface area contributed by atoms with E-state index in [1.165, 1.54) is 40.0 Å². The number of pyridine rings is 1. The number of ether oxygens (including phenoxy) is 4. The Morgan fingerprint density at radius 2 is 1.73 bits per heavy atom. The lowest BCUT2D eigenvalue weighted by atomic mass is 9.44. The molecule has 382 valence electrons. The molecule has 2 aromatic heterocycles. The fourth-order valence-corrected chi connectivity index (χ4v) is 15.2. The Morgan fingerprint density at radius 3 is 2.41 bits per heavy atom. The van der Waals surface area contributed by atoms with Crippen LogP contribution in [0.4, 0.5) is 14.5 Å². The number of esters is 1. The molecule has 2 unspecified atom stereocenters. The Morgan fingerprint density at radius 1 is 1.00 bits per heavy atom. The normalized spacial score (nSPS) is 35.2. The fraction of sp³-hybridized carbons (Fsp3) is 0.648. The molecular weight excluding hydrogens is 921 g/mol. The molecule has 71 heavy (non-hydrogen) atoms. The molecule has 3 aromatic rings. The first-order chi connectivity index (χ1) is 33.3. The number of aromatic nitrogens is 1. The third kappa shape index (κ3) is 6.59. The summed E-state index contributed by atoms with van der Waals surface area (Å²) in [6.07, 6.45) is 6.00. The van der Waals surface area contributed by atoms with Crippen LogP contribution < -0.4 is 20.9 Å². The molecule has 0 bridgehead atoms. The van der Waals surface area contributed by atoms with Crippen molar-refractivity contribution in [2.24, 2.45) is 28.6 Å². The first kappa shape index (κ1) is 48.3. The lowest BCUT2D eigenvalue weighted by Gasteiger charge is -2.63. The number of allylic oxidation sites excluding steroid dienone is 4. The standard InChI is InChI=1S/C54H65F2N3O12/c1-26-39-42(45(66-10)43(41(26)55)58-23-29-12-11-19-57(35(29)24-58)25-36-28(3)67-48(65)68-36)59(31-14-15-31)27(2)40(44(39)62)46(63)70-49(4,5)47(64)54-38(69-50(6,7)71-54)21-34-33-16-13-30-20-32(60)17-18-51(30,8)53(33,56)37(61)22-52(34,54)9/h17-18,20,29,31,33-35,37-38,61H,11-16,19,21-25H2,1-10H3/t29?,33-,34-,35?,37-,38+,51-,52-,53-,54-/m0/s1. The van der Waals surface area contributed by atoms with Crippen LogP contribution in [-0.2, 0) is 30.3 Å². The SMILES string of the molecule is COc1c(N2CC3CCCN(Cc4oc(=O)oc4C)C3C2)c(F)c(C)c2c(=O)c(C(=O)OC(C)(C)C(=O)[C@@]34OC(C)(C)O[C@@H]3C[C@H]3[C@@H]5CCC6=CC(=O)C=C[C@]6(C)[C@@]5(F)[C@@H](O)C[C@@]34C)c(C)n(C3CC3)c12. The van der Waals surface area contributed by atoms with Crippen LogP contribution in [0.2, 0.25) is 0 Å². The van der Waals surface area contributed by atoms with Crippen LogP contribution in [-0.4, -0.2) is 99.8 Å². The first-order valence-corrected chi connectivity index (χ1v) is 25.3. The smallest absolute Gasteiger partial charge is 0.492 e. The minimum Gasteiger partial charge on any atom is -0.492 e. The number of aryl methyl sites for hydroxylation is 2. The van der Waals surface area contributed by atoms with Crippen LogP contribution in [0.15, 0.2) is 42.2 Å². The molecule has 0 amide bonds. The van der Waals surface area contributed by atoms with E-state index in [-0.39, 0.29) is 70.3 Å². The molecule has 10 atom stereocenters. The Hall–Kier alpha value is -4.97. The molecule has 15 nitrogen and oxygen atoms in total. The largest absolute Gasteiger partial charge is 0.519 e. The van der Waals surface area contributed by atoms with Crippen molar-refractivity contribution in [2.45, 2.75) is 167 Å². The predicted octanol–water partition coefficient (Wildman–Crippen LogP) is 7.43. The number of rotatable bonds is 9. The summed E-state index contributed by atoms with van der Waals surface area (Å²) in [5, 5.41) is 12.2. The number of benzene rings is 1. The van der Waals surface area contributed by atoms with Crippen molar-refractivity contribution in [1.82, 2.24) is 9.47 Å². The second kappa shape index (κ2) is 15.8. The number of Topliss-reactive ketones (excluding diaryl/α,β-unsaturated/α-hetero) is 1. The summed E-state index contributed by atoms with van der Waals surface area (Å²) in [6.45, 7) is 16.8. The van der Waals surface area contributed by atoms with Crippen molar-refractivity contribution in [3.8, 4) is 5.75 Å². The summed E-state index contributed by atoms with van der Waals surface area (Å²) in [5.74, 6) is -4.68. The number of nitrogens with zero attached hydrogens (tertiary/aromatic N) is 3. The van der Waals surface area contributed by atoms with E-state index in [9.17, 15) is 19.5 Å². The van der Waals surface area contributed by atoms with Gasteiger partial charge in [0, 0.05) is 53.2 Å². The average molecular weight is 986 g/mol. The lowest BCUT2D eigenvalue weighted by molar-refractivity contribution is -0.249. The van der Waals surface area contributed by atoms with Gasteiger partial charge in [0.1, 0.15) is 17.0 Å². The topological polar surface area (TPSA) is 180 Å². The number of ketones is 2. The molecule has 3 aliphatic heterocycles. The molecule has 0 spiro atoms. The highest BCUT2D eigenvalue weighted by atomic mass is 19.1. The number of halogens is 2. The molecule has 3 saturated heterocycles. The van der Waals surface area contributed by atoms with Gasteiger partial charge in [0.05, 0.1) is 36.8 Å². The van der Waals surface area contributed by atoms with Gasteiger partial charge in [-0.15, -0.1) is 0 Å². The van der Waals surface area contributed by atoms with Gasteiger partial charge in [-0.25, -0.2) is 18.4 Å². The monoisotopic (exact) mass is 985 g/mol. The molecule has 7 fully saturated rings. The number of methoxy groups -OCH3 is 1. The zero-order valence-electron chi connectivity index (χ0n) is 42.3. The summed E-state index contributed by atoms with van der Waals surface area (Å²) in [4.78, 5) is 74.2. The van der Waals surface area contributed by atoms with Crippen LogP contribution in [0.5, 0.6) is 5.75 Å². The van der Waals surface area contributed by atoms with Crippen molar-refractivity contribution in [1.29, 1.82) is 0 Å². The highest BCUT2D eigenvalue weighted by Crippen LogP contribution is 2.73. The minimum absolute atomic E-state index is 0.00244. The van der Waals surface area contributed by atoms with E-state index in [0.717, 1.165) is 32.2 Å². The van der Waals surface area contributed by atoms with Gasteiger partial charge in [-0.1, -0.05) is 18.6 Å². The van der Waals surface area contributed by atoms with Crippen LogP contribution in [0.25, 0.3) is 10.9 Å². The minimum atomic E-state index is -2.18. The average Bonchev–Trinajstić information content (AvgIpc) is 3.76. The van der Waals surface area contributed by atoms with Gasteiger partial charge in [0.25, 0.3) is 0 Å². The van der Waals surface area contributed by atoms with Gasteiger partial charge in [-0.05, 0) is 137 Å². The fourth-order valence-electron chi connectivity index (χ4n) is 15.2. The Kier molecular flexibility index (Phi) is 10.7. The van der Waals surface area contributed by atoms with Crippen molar-refractivity contribution in [3.63, 3.8) is 0 Å². The molecule has 1 N–H and O–H groups in total. The van der Waals surface area contributed by atoms with Crippen molar-refractivity contribution >= 4 is 34.1 Å². The number of piperidine rings is 1. The van der Waals surface area contributed by atoms with E-state index in [2.05, 4.69) is 4.90 Å². The van der Waals surface area contributed by atoms with Crippen LogP contribution in [0.1, 0.15) is 132 Å². The molecule has 8 aliphatic rings. The summed E-state index contributed by atoms with van der Waals surface area (Å²) in [6, 6.07) is -0.141. The molecule has 0 radical (unpaired) electrons. The van der Waals surface area contributed by atoms with Gasteiger partial charge >= 0.3 is 11.8 Å². The highest BCUT2D eigenvalue weighted by molar-refractivity contribution is 6.04. The third-order valence-corrected chi connectivity index (χ3v) is 18.6. The quantitative estimate of drug-likeness (QED) is 0.209. The maximum Gasteiger partial charge on any atom is 0.519 e. The van der Waals surface area contributed by atoms with E-state index >= 15 is 18.4 Å². The number of carbonyl (C=O) groups excluding carboxylic acids is 3. The first-order valence-electron chi connectivity index (χ1n) is 25.3. The maximum absolute atomic E-state index is 18.2. The van der Waals surface area contributed by atoms with Gasteiger partial charge < -0.3 is 42.4 Å². The number of carbonyl (C=O) groups is 3. The Bertz CT molecular complexity index is 3020. The summed E-state index contributed by atoms with van der Waals surface area (Å²) in [5.41, 5.74) is -8.00. The number of anilines is 1. The molecular formula is C54H65F2N3O12. The Balaban J connectivity index is 0.942. The molecule has 1 aromatic carbocycles. The summed E-state index contributed by atoms with van der Waals surface area (Å²) in [7, 11) is 1.45. The number of fused-ring (bicyclic) bond motifs is 9. The maximum atomic E-state index is 18.2. The summed E-state index contributed by atoms with van der Waals surface area (Å²) < 4.78 is 73.7. The molecule has 5 heterocycles. The molecule has 4 saturated carbocycles. The Labute approximate surface area is 410 Å².